The third-order valence-corrected chi connectivity index (χ3v) is 5.62. The van der Waals surface area contributed by atoms with Crippen LogP contribution < -0.4 is 5.32 Å². The van der Waals surface area contributed by atoms with Crippen LogP contribution in [0.5, 0.6) is 0 Å². The van der Waals surface area contributed by atoms with Crippen LogP contribution >= 0.6 is 0 Å². The molecule has 0 aromatic heterocycles. The maximum Gasteiger partial charge on any atom is 0.0192 e. The Morgan fingerprint density at radius 1 is 1.17 bits per heavy atom. The van der Waals surface area contributed by atoms with Crippen molar-refractivity contribution in [3.8, 4) is 0 Å². The summed E-state index contributed by atoms with van der Waals surface area (Å²) in [6.07, 6.45) is 8.42. The van der Waals surface area contributed by atoms with Crippen LogP contribution in [-0.2, 0) is 0 Å². The molecule has 0 aromatic carbocycles. The minimum absolute atomic E-state index is 0.690. The number of hydrogen-bond donors (Lipinski definition) is 1. The van der Waals surface area contributed by atoms with Crippen LogP contribution in [0.3, 0.4) is 0 Å². The van der Waals surface area contributed by atoms with Gasteiger partial charge in [0.2, 0.25) is 0 Å². The van der Waals surface area contributed by atoms with Crippen LogP contribution in [0.15, 0.2) is 0 Å². The number of fused-ring (bicyclic) bond motifs is 2. The van der Waals surface area contributed by atoms with E-state index < -0.39 is 0 Å². The summed E-state index contributed by atoms with van der Waals surface area (Å²) < 4.78 is 0. The highest BCUT2D eigenvalue weighted by Gasteiger charge is 2.38. The molecule has 3 aliphatic rings. The Balaban J connectivity index is 1.43. The molecule has 104 valence electrons. The Hall–Kier alpha value is -0.120. The van der Waals surface area contributed by atoms with Crippen molar-refractivity contribution in [3.63, 3.8) is 0 Å². The number of nitrogens with zero attached hydrogens (tertiary/aromatic N) is 2. The van der Waals surface area contributed by atoms with Gasteiger partial charge in [-0.25, -0.2) is 0 Å². The fourth-order valence-electron chi connectivity index (χ4n) is 3.90. The lowest BCUT2D eigenvalue weighted by Crippen LogP contribution is -2.50. The molecule has 3 unspecified atom stereocenters. The van der Waals surface area contributed by atoms with Crippen LogP contribution in [0.1, 0.15) is 45.4 Å². The monoisotopic (exact) mass is 251 g/mol. The third kappa shape index (κ3) is 2.59. The van der Waals surface area contributed by atoms with Crippen molar-refractivity contribution in [2.24, 2.45) is 0 Å². The van der Waals surface area contributed by atoms with Gasteiger partial charge in [-0.3, -0.25) is 4.90 Å². The second-order valence-electron chi connectivity index (χ2n) is 6.87. The average molecular weight is 251 g/mol. The largest absolute Gasteiger partial charge is 0.312 e. The van der Waals surface area contributed by atoms with E-state index in [1.165, 1.54) is 45.1 Å². The van der Waals surface area contributed by atoms with Gasteiger partial charge in [-0.2, -0.15) is 0 Å². The quantitative estimate of drug-likeness (QED) is 0.802. The van der Waals surface area contributed by atoms with E-state index in [2.05, 4.69) is 36.1 Å². The SMILES string of the molecule is CC(CNC1CC2CCC(C1)N2C)N(C)C1CC1. The van der Waals surface area contributed by atoms with Gasteiger partial charge in [-0.15, -0.1) is 0 Å². The van der Waals surface area contributed by atoms with Crippen molar-refractivity contribution < 1.29 is 0 Å². The Bertz CT molecular complexity index is 275. The van der Waals surface area contributed by atoms with Gasteiger partial charge in [-0.05, 0) is 59.5 Å². The first-order valence-electron chi connectivity index (χ1n) is 7.82. The predicted octanol–water partition coefficient (Wildman–Crippen LogP) is 1.68. The molecule has 1 N–H and O–H groups in total. The van der Waals surface area contributed by atoms with Crippen LogP contribution in [0.4, 0.5) is 0 Å². The Kier molecular flexibility index (Phi) is 3.65. The fraction of sp³-hybridized carbons (Fsp3) is 1.00. The van der Waals surface area contributed by atoms with Gasteiger partial charge >= 0.3 is 0 Å². The summed E-state index contributed by atoms with van der Waals surface area (Å²) in [5.74, 6) is 0. The van der Waals surface area contributed by atoms with E-state index in [0.29, 0.717) is 6.04 Å². The molecule has 0 amide bonds. The van der Waals surface area contributed by atoms with Crippen LogP contribution in [0.25, 0.3) is 0 Å². The van der Waals surface area contributed by atoms with Crippen molar-refractivity contribution in [1.82, 2.24) is 15.1 Å². The fourth-order valence-corrected chi connectivity index (χ4v) is 3.90. The summed E-state index contributed by atoms with van der Waals surface area (Å²) in [6.45, 7) is 3.54. The van der Waals surface area contributed by atoms with Gasteiger partial charge in [-0.1, -0.05) is 0 Å². The summed E-state index contributed by atoms with van der Waals surface area (Å²) in [5, 5.41) is 3.84. The van der Waals surface area contributed by atoms with Crippen molar-refractivity contribution in [2.45, 2.75) is 75.7 Å². The first kappa shape index (κ1) is 12.9. The average Bonchev–Trinajstić information content (AvgIpc) is 3.17. The van der Waals surface area contributed by atoms with E-state index in [0.717, 1.165) is 24.2 Å². The lowest BCUT2D eigenvalue weighted by molar-refractivity contribution is 0.142. The Morgan fingerprint density at radius 2 is 1.78 bits per heavy atom. The van der Waals surface area contributed by atoms with Gasteiger partial charge in [0.1, 0.15) is 0 Å². The molecule has 3 rings (SSSR count). The molecule has 18 heavy (non-hydrogen) atoms. The highest BCUT2D eigenvalue weighted by Crippen LogP contribution is 2.34. The van der Waals surface area contributed by atoms with Crippen LogP contribution in [-0.4, -0.2) is 60.6 Å². The zero-order chi connectivity index (χ0) is 12.7. The number of nitrogens with one attached hydrogen (secondary N) is 1. The van der Waals surface area contributed by atoms with Crippen molar-refractivity contribution in [3.05, 3.63) is 0 Å². The van der Waals surface area contributed by atoms with E-state index in [4.69, 9.17) is 0 Å². The van der Waals surface area contributed by atoms with Crippen LogP contribution in [0.2, 0.25) is 0 Å². The molecule has 3 fully saturated rings. The maximum atomic E-state index is 3.84. The second-order valence-corrected chi connectivity index (χ2v) is 6.87. The molecule has 0 aromatic rings. The Morgan fingerprint density at radius 3 is 2.33 bits per heavy atom. The van der Waals surface area contributed by atoms with E-state index >= 15 is 0 Å². The molecule has 1 aliphatic carbocycles. The molecule has 0 radical (unpaired) electrons. The molecular weight excluding hydrogens is 222 g/mol. The van der Waals surface area contributed by atoms with Gasteiger partial charge in [0, 0.05) is 36.8 Å². The van der Waals surface area contributed by atoms with Gasteiger partial charge in [0.05, 0.1) is 0 Å². The Labute approximate surface area is 112 Å². The first-order chi connectivity index (χ1) is 8.65. The van der Waals surface area contributed by atoms with E-state index in [1.807, 2.05) is 0 Å². The third-order valence-electron chi connectivity index (χ3n) is 5.62. The molecule has 2 aliphatic heterocycles. The second kappa shape index (κ2) is 5.10. The highest BCUT2D eigenvalue weighted by atomic mass is 15.2. The summed E-state index contributed by atoms with van der Waals surface area (Å²) in [5.41, 5.74) is 0. The zero-order valence-corrected chi connectivity index (χ0v) is 12.2. The van der Waals surface area contributed by atoms with Crippen LogP contribution in [0, 0.1) is 0 Å². The lowest BCUT2D eigenvalue weighted by Gasteiger charge is -2.37. The normalized spacial score (nSPS) is 38.3. The predicted molar refractivity (Wildman–Crippen MR) is 75.8 cm³/mol. The molecule has 1 saturated carbocycles. The van der Waals surface area contributed by atoms with Crippen molar-refractivity contribution >= 4 is 0 Å². The number of likely N-dealkylation sites (N-methyl/N-ethyl adjacent to an activating group) is 1. The van der Waals surface area contributed by atoms with E-state index in [1.54, 1.807) is 0 Å². The molecule has 2 saturated heterocycles. The standard InChI is InChI=1S/C15H29N3/c1-11(17(2)13-4-5-13)10-16-12-8-14-6-7-15(9-12)18(14)3/h11-16H,4-10H2,1-3H3. The molecule has 0 spiro atoms. The van der Waals surface area contributed by atoms with Gasteiger partial charge < -0.3 is 10.2 Å². The topological polar surface area (TPSA) is 18.5 Å². The molecule has 3 atom stereocenters. The minimum Gasteiger partial charge on any atom is -0.312 e. The van der Waals surface area contributed by atoms with E-state index in [-0.39, 0.29) is 0 Å². The van der Waals surface area contributed by atoms with Crippen molar-refractivity contribution in [2.75, 3.05) is 20.6 Å². The lowest BCUT2D eigenvalue weighted by atomic mass is 9.98. The summed E-state index contributed by atoms with van der Waals surface area (Å²) >= 11 is 0. The first-order valence-corrected chi connectivity index (χ1v) is 7.82. The molecular formula is C15H29N3. The smallest absolute Gasteiger partial charge is 0.0192 e. The minimum atomic E-state index is 0.690. The maximum absolute atomic E-state index is 3.84. The molecule has 3 heteroatoms. The number of piperidine rings is 1. The molecule has 2 bridgehead atoms. The summed E-state index contributed by atoms with van der Waals surface area (Å²) in [6, 6.07) is 4.06. The molecule has 2 heterocycles. The van der Waals surface area contributed by atoms with Gasteiger partial charge in [0.15, 0.2) is 0 Å². The molecule has 3 nitrogen and oxygen atoms in total. The highest BCUT2D eigenvalue weighted by molar-refractivity contribution is 4.96. The number of rotatable bonds is 5. The summed E-state index contributed by atoms with van der Waals surface area (Å²) in [4.78, 5) is 5.19. The van der Waals surface area contributed by atoms with Gasteiger partial charge in [0.25, 0.3) is 0 Å². The van der Waals surface area contributed by atoms with Crippen molar-refractivity contribution in [1.29, 1.82) is 0 Å². The zero-order valence-electron chi connectivity index (χ0n) is 12.2. The van der Waals surface area contributed by atoms with E-state index in [9.17, 15) is 0 Å². The number of hydrogen-bond acceptors (Lipinski definition) is 3. The summed E-state index contributed by atoms with van der Waals surface area (Å²) in [7, 11) is 4.62.